The minimum absolute atomic E-state index is 0.0872. The molecule has 6 nitrogen and oxygen atoms in total. The normalized spacial score (nSPS) is 19.6. The highest BCUT2D eigenvalue weighted by Crippen LogP contribution is 2.25. The van der Waals surface area contributed by atoms with Crippen molar-refractivity contribution in [3.8, 4) is 0 Å². The van der Waals surface area contributed by atoms with Crippen LogP contribution in [0.3, 0.4) is 0 Å². The number of urea groups is 1. The lowest BCUT2D eigenvalue weighted by molar-refractivity contribution is -0.134. The van der Waals surface area contributed by atoms with Crippen LogP contribution in [-0.2, 0) is 4.79 Å². The van der Waals surface area contributed by atoms with E-state index in [1.165, 1.54) is 12.8 Å². The van der Waals surface area contributed by atoms with Crippen LogP contribution in [0, 0.1) is 18.8 Å². The van der Waals surface area contributed by atoms with Crippen molar-refractivity contribution in [3.05, 3.63) is 29.8 Å². The Kier molecular flexibility index (Phi) is 6.72. The fourth-order valence-corrected chi connectivity index (χ4v) is 4.07. The van der Waals surface area contributed by atoms with E-state index >= 15 is 0 Å². The Hall–Kier alpha value is -2.08. The Morgan fingerprint density at radius 1 is 1.15 bits per heavy atom. The average Bonchev–Trinajstić information content (AvgIpc) is 2.68. The standard InChI is InChI=1S/C21H32N4O2/c1-16-4-3-5-19(14-16)23-21(27)25-12-10-24(11-13-25)20(26)15-17(2)18-6-8-22-9-7-18/h3-5,14,17-18,22H,6-13,15H2,1-2H3,(H,23,27). The maximum Gasteiger partial charge on any atom is 0.321 e. The van der Waals surface area contributed by atoms with Crippen molar-refractivity contribution in [3.63, 3.8) is 0 Å². The highest BCUT2D eigenvalue weighted by Gasteiger charge is 2.27. The number of aryl methyl sites for hydroxylation is 1. The van der Waals surface area contributed by atoms with Crippen LogP contribution >= 0.6 is 0 Å². The number of carbonyl (C=O) groups is 2. The zero-order valence-electron chi connectivity index (χ0n) is 16.5. The van der Waals surface area contributed by atoms with E-state index in [0.29, 0.717) is 44.4 Å². The molecule has 2 aliphatic rings. The van der Waals surface area contributed by atoms with Gasteiger partial charge in [-0.15, -0.1) is 0 Å². The van der Waals surface area contributed by atoms with Crippen LogP contribution in [0.15, 0.2) is 24.3 Å². The molecule has 0 aliphatic carbocycles. The molecule has 6 heteroatoms. The summed E-state index contributed by atoms with van der Waals surface area (Å²) in [5.74, 6) is 1.32. The first-order chi connectivity index (χ1) is 13.0. The van der Waals surface area contributed by atoms with Crippen molar-refractivity contribution in [1.29, 1.82) is 0 Å². The second kappa shape index (κ2) is 9.22. The largest absolute Gasteiger partial charge is 0.339 e. The quantitative estimate of drug-likeness (QED) is 0.854. The van der Waals surface area contributed by atoms with Crippen molar-refractivity contribution in [2.45, 2.75) is 33.1 Å². The Morgan fingerprint density at radius 3 is 2.48 bits per heavy atom. The van der Waals surface area contributed by atoms with Gasteiger partial charge in [0.1, 0.15) is 0 Å². The molecule has 0 aromatic heterocycles. The Morgan fingerprint density at radius 2 is 1.81 bits per heavy atom. The van der Waals surface area contributed by atoms with Crippen molar-refractivity contribution >= 4 is 17.6 Å². The summed E-state index contributed by atoms with van der Waals surface area (Å²) in [6.45, 7) is 8.77. The van der Waals surface area contributed by atoms with E-state index in [1.54, 1.807) is 4.90 Å². The summed E-state index contributed by atoms with van der Waals surface area (Å²) in [6, 6.07) is 7.71. The summed E-state index contributed by atoms with van der Waals surface area (Å²) in [6.07, 6.45) is 2.96. The lowest BCUT2D eigenvalue weighted by Crippen LogP contribution is -2.52. The van der Waals surface area contributed by atoms with Gasteiger partial charge in [0.25, 0.3) is 0 Å². The maximum atomic E-state index is 12.6. The molecule has 1 aromatic carbocycles. The Labute approximate surface area is 162 Å². The molecule has 1 atom stereocenters. The molecule has 1 aromatic rings. The van der Waals surface area contributed by atoms with Crippen molar-refractivity contribution in [1.82, 2.24) is 15.1 Å². The number of piperazine rings is 1. The smallest absolute Gasteiger partial charge is 0.321 e. The molecule has 2 saturated heterocycles. The molecule has 27 heavy (non-hydrogen) atoms. The van der Waals surface area contributed by atoms with E-state index in [-0.39, 0.29) is 11.9 Å². The van der Waals surface area contributed by atoms with Gasteiger partial charge in [0.2, 0.25) is 5.91 Å². The molecular formula is C21H32N4O2. The van der Waals surface area contributed by atoms with Gasteiger partial charge in [-0.25, -0.2) is 4.79 Å². The van der Waals surface area contributed by atoms with E-state index in [4.69, 9.17) is 0 Å². The van der Waals surface area contributed by atoms with E-state index in [1.807, 2.05) is 36.1 Å². The van der Waals surface area contributed by atoms with Gasteiger partial charge in [-0.1, -0.05) is 19.1 Å². The molecule has 0 bridgehead atoms. The average molecular weight is 373 g/mol. The van der Waals surface area contributed by atoms with E-state index < -0.39 is 0 Å². The molecule has 148 valence electrons. The van der Waals surface area contributed by atoms with E-state index in [0.717, 1.165) is 24.3 Å². The molecule has 2 fully saturated rings. The number of hydrogen-bond donors (Lipinski definition) is 2. The van der Waals surface area contributed by atoms with Crippen LogP contribution in [0.4, 0.5) is 10.5 Å². The number of benzene rings is 1. The minimum Gasteiger partial charge on any atom is -0.339 e. The van der Waals surface area contributed by atoms with Gasteiger partial charge in [-0.05, 0) is 62.4 Å². The molecule has 0 saturated carbocycles. The number of nitrogens with zero attached hydrogens (tertiary/aromatic N) is 2. The fourth-order valence-electron chi connectivity index (χ4n) is 4.07. The monoisotopic (exact) mass is 372 g/mol. The van der Waals surface area contributed by atoms with Gasteiger partial charge in [0.15, 0.2) is 0 Å². The molecule has 3 rings (SSSR count). The maximum absolute atomic E-state index is 12.6. The molecule has 0 radical (unpaired) electrons. The number of carbonyl (C=O) groups excluding carboxylic acids is 2. The first kappa shape index (κ1) is 19.7. The summed E-state index contributed by atoms with van der Waals surface area (Å²) >= 11 is 0. The zero-order valence-corrected chi connectivity index (χ0v) is 16.5. The third-order valence-electron chi connectivity index (χ3n) is 5.87. The number of anilines is 1. The van der Waals surface area contributed by atoms with E-state index in [2.05, 4.69) is 17.6 Å². The van der Waals surface area contributed by atoms with Crippen LogP contribution in [0.1, 0.15) is 31.7 Å². The Bertz CT molecular complexity index is 649. The molecule has 1 unspecified atom stereocenters. The summed E-state index contributed by atoms with van der Waals surface area (Å²) in [5, 5.41) is 6.33. The number of hydrogen-bond acceptors (Lipinski definition) is 3. The number of piperidine rings is 1. The topological polar surface area (TPSA) is 64.7 Å². The van der Waals surface area contributed by atoms with Crippen molar-refractivity contribution in [2.75, 3.05) is 44.6 Å². The summed E-state index contributed by atoms with van der Waals surface area (Å²) in [4.78, 5) is 28.8. The highest BCUT2D eigenvalue weighted by molar-refractivity contribution is 5.89. The van der Waals surface area contributed by atoms with Gasteiger partial charge < -0.3 is 20.4 Å². The van der Waals surface area contributed by atoms with Gasteiger partial charge in [-0.3, -0.25) is 4.79 Å². The molecular weight excluding hydrogens is 340 g/mol. The predicted octanol–water partition coefficient (Wildman–Crippen LogP) is 2.70. The second-order valence-electron chi connectivity index (χ2n) is 7.94. The summed E-state index contributed by atoms with van der Waals surface area (Å²) < 4.78 is 0. The van der Waals surface area contributed by atoms with Gasteiger partial charge in [0, 0.05) is 38.3 Å². The van der Waals surface area contributed by atoms with Crippen LogP contribution < -0.4 is 10.6 Å². The first-order valence-corrected chi connectivity index (χ1v) is 10.1. The zero-order chi connectivity index (χ0) is 19.2. The molecule has 2 N–H and O–H groups in total. The molecule has 2 aliphatic heterocycles. The van der Waals surface area contributed by atoms with Crippen LogP contribution in [-0.4, -0.2) is 61.0 Å². The number of nitrogens with one attached hydrogen (secondary N) is 2. The van der Waals surface area contributed by atoms with Gasteiger partial charge >= 0.3 is 6.03 Å². The van der Waals surface area contributed by atoms with Crippen LogP contribution in [0.5, 0.6) is 0 Å². The van der Waals surface area contributed by atoms with Crippen molar-refractivity contribution < 1.29 is 9.59 Å². The predicted molar refractivity (Wildman–Crippen MR) is 108 cm³/mol. The molecule has 2 heterocycles. The van der Waals surface area contributed by atoms with E-state index in [9.17, 15) is 9.59 Å². The van der Waals surface area contributed by atoms with Crippen molar-refractivity contribution in [2.24, 2.45) is 11.8 Å². The Balaban J connectivity index is 1.43. The fraction of sp³-hybridized carbons (Fsp3) is 0.619. The van der Waals surface area contributed by atoms with Gasteiger partial charge in [-0.2, -0.15) is 0 Å². The second-order valence-corrected chi connectivity index (χ2v) is 7.94. The number of amides is 3. The first-order valence-electron chi connectivity index (χ1n) is 10.1. The van der Waals surface area contributed by atoms with Crippen LogP contribution in [0.25, 0.3) is 0 Å². The lowest BCUT2D eigenvalue weighted by atomic mass is 9.84. The van der Waals surface area contributed by atoms with Crippen LogP contribution in [0.2, 0.25) is 0 Å². The highest BCUT2D eigenvalue weighted by atomic mass is 16.2. The lowest BCUT2D eigenvalue weighted by Gasteiger charge is -2.36. The molecule has 3 amide bonds. The van der Waals surface area contributed by atoms with Gasteiger partial charge in [0.05, 0.1) is 0 Å². The SMILES string of the molecule is Cc1cccc(NC(=O)N2CCN(C(=O)CC(C)C3CCNCC3)CC2)c1. The third-order valence-corrected chi connectivity index (χ3v) is 5.87. The third kappa shape index (κ3) is 5.45. The summed E-state index contributed by atoms with van der Waals surface area (Å²) in [5.41, 5.74) is 1.93. The molecule has 0 spiro atoms. The minimum atomic E-state index is -0.0872. The number of rotatable bonds is 4. The summed E-state index contributed by atoms with van der Waals surface area (Å²) in [7, 11) is 0.